The number of anilines is 1. The van der Waals surface area contributed by atoms with E-state index >= 15 is 0 Å². The van der Waals surface area contributed by atoms with Crippen LogP contribution in [0.2, 0.25) is 0 Å². The Morgan fingerprint density at radius 1 is 1.21 bits per heavy atom. The van der Waals surface area contributed by atoms with Crippen LogP contribution in [0.25, 0.3) is 21.7 Å². The summed E-state index contributed by atoms with van der Waals surface area (Å²) in [6.07, 6.45) is 6.38. The Morgan fingerprint density at radius 3 is 2.83 bits per heavy atom. The molecule has 0 radical (unpaired) electrons. The van der Waals surface area contributed by atoms with E-state index in [1.807, 2.05) is 31.3 Å². The van der Waals surface area contributed by atoms with Gasteiger partial charge >= 0.3 is 0 Å². The van der Waals surface area contributed by atoms with E-state index in [9.17, 15) is 0 Å². The molecule has 0 spiro atoms. The molecule has 0 fully saturated rings. The van der Waals surface area contributed by atoms with Gasteiger partial charge in [0.25, 0.3) is 0 Å². The first-order valence-electron chi connectivity index (χ1n) is 8.01. The number of nitrogens with one attached hydrogen (secondary N) is 1. The van der Waals surface area contributed by atoms with Crippen molar-refractivity contribution in [2.75, 3.05) is 25.1 Å². The summed E-state index contributed by atoms with van der Waals surface area (Å²) in [7, 11) is 0. The van der Waals surface area contributed by atoms with Crippen LogP contribution in [-0.2, 0) is 4.74 Å². The maximum absolute atomic E-state index is 5.35. The predicted molar refractivity (Wildman–Crippen MR) is 98.2 cm³/mol. The quantitative estimate of drug-likeness (QED) is 0.625. The molecule has 0 saturated carbocycles. The Labute approximate surface area is 145 Å². The van der Waals surface area contributed by atoms with Gasteiger partial charge in [0, 0.05) is 43.9 Å². The summed E-state index contributed by atoms with van der Waals surface area (Å²) >= 11 is 1.67. The zero-order valence-electron chi connectivity index (χ0n) is 13.6. The number of nitrogens with zero attached hydrogens (tertiary/aromatic N) is 3. The summed E-state index contributed by atoms with van der Waals surface area (Å²) in [6, 6.07) is 8.07. The molecule has 3 aromatic heterocycles. The first kappa shape index (κ1) is 16.5. The molecule has 1 N–H and O–H groups in total. The van der Waals surface area contributed by atoms with Gasteiger partial charge in [-0.3, -0.25) is 4.98 Å². The SMILES string of the molecule is CCOCCCNc1ncc(-c2ccncc2)c(-c2cccs2)n1. The minimum Gasteiger partial charge on any atom is -0.382 e. The van der Waals surface area contributed by atoms with Gasteiger partial charge in [-0.25, -0.2) is 9.97 Å². The maximum Gasteiger partial charge on any atom is 0.223 e. The van der Waals surface area contributed by atoms with Gasteiger partial charge in [0.05, 0.1) is 10.6 Å². The second-order valence-electron chi connectivity index (χ2n) is 5.15. The maximum atomic E-state index is 5.35. The lowest BCUT2D eigenvalue weighted by Gasteiger charge is -2.10. The Balaban J connectivity index is 1.83. The van der Waals surface area contributed by atoms with Crippen LogP contribution < -0.4 is 5.32 Å². The summed E-state index contributed by atoms with van der Waals surface area (Å²) in [6.45, 7) is 4.29. The van der Waals surface area contributed by atoms with Gasteiger partial charge in [0.1, 0.15) is 0 Å². The second kappa shape index (κ2) is 8.52. The van der Waals surface area contributed by atoms with Crippen molar-refractivity contribution in [3.63, 3.8) is 0 Å². The molecule has 0 aromatic carbocycles. The van der Waals surface area contributed by atoms with Crippen LogP contribution in [-0.4, -0.2) is 34.7 Å². The van der Waals surface area contributed by atoms with Gasteiger partial charge in [0.2, 0.25) is 5.95 Å². The minimum atomic E-state index is 0.646. The van der Waals surface area contributed by atoms with Crippen molar-refractivity contribution in [1.29, 1.82) is 0 Å². The number of hydrogen-bond donors (Lipinski definition) is 1. The van der Waals surface area contributed by atoms with Gasteiger partial charge in [-0.15, -0.1) is 11.3 Å². The molecule has 0 saturated heterocycles. The van der Waals surface area contributed by atoms with Crippen LogP contribution in [0.3, 0.4) is 0 Å². The lowest BCUT2D eigenvalue weighted by atomic mass is 10.1. The van der Waals surface area contributed by atoms with Gasteiger partial charge in [-0.05, 0) is 42.5 Å². The molecule has 0 amide bonds. The number of pyridine rings is 1. The van der Waals surface area contributed by atoms with Gasteiger partial charge in [0.15, 0.2) is 0 Å². The van der Waals surface area contributed by atoms with E-state index < -0.39 is 0 Å². The zero-order valence-corrected chi connectivity index (χ0v) is 14.4. The highest BCUT2D eigenvalue weighted by atomic mass is 32.1. The number of ether oxygens (including phenoxy) is 1. The van der Waals surface area contributed by atoms with Crippen LogP contribution in [0.15, 0.2) is 48.2 Å². The fourth-order valence-electron chi connectivity index (χ4n) is 2.33. The minimum absolute atomic E-state index is 0.646. The van der Waals surface area contributed by atoms with Crippen molar-refractivity contribution < 1.29 is 4.74 Å². The number of thiophene rings is 1. The van der Waals surface area contributed by atoms with Gasteiger partial charge in [-0.2, -0.15) is 0 Å². The van der Waals surface area contributed by atoms with Crippen molar-refractivity contribution in [3.05, 3.63) is 48.2 Å². The average Bonchev–Trinajstić information content (AvgIpc) is 3.17. The van der Waals surface area contributed by atoms with E-state index in [0.29, 0.717) is 5.95 Å². The standard InChI is InChI=1S/C18H20N4OS/c1-2-23-11-4-8-20-18-21-13-15(14-6-9-19-10-7-14)17(22-18)16-5-3-12-24-16/h3,5-7,9-10,12-13H,2,4,8,11H2,1H3,(H,20,21,22). The summed E-state index contributed by atoms with van der Waals surface area (Å²) in [5.41, 5.74) is 3.02. The van der Waals surface area contributed by atoms with E-state index in [1.54, 1.807) is 23.7 Å². The molecule has 0 aliphatic heterocycles. The van der Waals surface area contributed by atoms with Crippen LogP contribution in [0.4, 0.5) is 5.95 Å². The number of rotatable bonds is 8. The third-order valence-electron chi connectivity index (χ3n) is 3.49. The highest BCUT2D eigenvalue weighted by molar-refractivity contribution is 7.13. The third kappa shape index (κ3) is 4.15. The molecule has 124 valence electrons. The van der Waals surface area contributed by atoms with E-state index in [-0.39, 0.29) is 0 Å². The smallest absolute Gasteiger partial charge is 0.223 e. The molecule has 6 heteroatoms. The summed E-state index contributed by atoms with van der Waals surface area (Å²) in [5, 5.41) is 5.33. The normalized spacial score (nSPS) is 10.7. The molecule has 0 unspecified atom stereocenters. The zero-order chi connectivity index (χ0) is 16.6. The van der Waals surface area contributed by atoms with Crippen LogP contribution in [0.1, 0.15) is 13.3 Å². The van der Waals surface area contributed by atoms with Crippen molar-refractivity contribution in [3.8, 4) is 21.7 Å². The average molecular weight is 340 g/mol. The molecule has 3 heterocycles. The monoisotopic (exact) mass is 340 g/mol. The summed E-state index contributed by atoms with van der Waals surface area (Å²) in [5.74, 6) is 0.646. The van der Waals surface area contributed by atoms with E-state index in [0.717, 1.165) is 47.9 Å². The Hall–Kier alpha value is -2.31. The van der Waals surface area contributed by atoms with E-state index in [1.165, 1.54) is 0 Å². The molecular weight excluding hydrogens is 320 g/mol. The Morgan fingerprint density at radius 2 is 2.08 bits per heavy atom. The Bertz CT molecular complexity index is 747. The molecule has 0 bridgehead atoms. The molecule has 0 aliphatic rings. The lowest BCUT2D eigenvalue weighted by Crippen LogP contribution is -2.09. The van der Waals surface area contributed by atoms with Gasteiger partial charge < -0.3 is 10.1 Å². The molecule has 3 aromatic rings. The molecule has 5 nitrogen and oxygen atoms in total. The van der Waals surface area contributed by atoms with Gasteiger partial charge in [-0.1, -0.05) is 6.07 Å². The van der Waals surface area contributed by atoms with Crippen molar-refractivity contribution in [1.82, 2.24) is 15.0 Å². The number of aromatic nitrogens is 3. The van der Waals surface area contributed by atoms with Crippen LogP contribution in [0.5, 0.6) is 0 Å². The lowest BCUT2D eigenvalue weighted by molar-refractivity contribution is 0.147. The van der Waals surface area contributed by atoms with E-state index in [2.05, 4.69) is 26.7 Å². The fraction of sp³-hybridized carbons (Fsp3) is 0.278. The molecule has 24 heavy (non-hydrogen) atoms. The summed E-state index contributed by atoms with van der Waals surface area (Å²) in [4.78, 5) is 14.4. The van der Waals surface area contributed by atoms with Crippen LogP contribution in [0, 0.1) is 0 Å². The van der Waals surface area contributed by atoms with Crippen molar-refractivity contribution in [2.24, 2.45) is 0 Å². The second-order valence-corrected chi connectivity index (χ2v) is 6.09. The fourth-order valence-corrected chi connectivity index (χ4v) is 3.06. The molecule has 3 rings (SSSR count). The molecule has 0 atom stereocenters. The van der Waals surface area contributed by atoms with E-state index in [4.69, 9.17) is 9.72 Å². The highest BCUT2D eigenvalue weighted by Gasteiger charge is 2.12. The van der Waals surface area contributed by atoms with Crippen LogP contribution >= 0.6 is 11.3 Å². The molecular formula is C18H20N4OS. The largest absolute Gasteiger partial charge is 0.382 e. The molecule has 0 aliphatic carbocycles. The predicted octanol–water partition coefficient (Wildman–Crippen LogP) is 4.11. The third-order valence-corrected chi connectivity index (χ3v) is 4.36. The first-order chi connectivity index (χ1) is 11.9. The highest BCUT2D eigenvalue weighted by Crippen LogP contribution is 2.33. The van der Waals surface area contributed by atoms with Crippen molar-refractivity contribution >= 4 is 17.3 Å². The Kier molecular flexibility index (Phi) is 5.87. The van der Waals surface area contributed by atoms with Crippen molar-refractivity contribution in [2.45, 2.75) is 13.3 Å². The first-order valence-corrected chi connectivity index (χ1v) is 8.89. The topological polar surface area (TPSA) is 59.9 Å². The number of hydrogen-bond acceptors (Lipinski definition) is 6. The summed E-state index contributed by atoms with van der Waals surface area (Å²) < 4.78 is 5.35.